The normalized spacial score (nSPS) is 10.6. The van der Waals surface area contributed by atoms with Gasteiger partial charge in [0.2, 0.25) is 0 Å². The Morgan fingerprint density at radius 2 is 2.11 bits per heavy atom. The number of benzene rings is 1. The first-order chi connectivity index (χ1) is 8.67. The van der Waals surface area contributed by atoms with Gasteiger partial charge in [0.1, 0.15) is 17.5 Å². The van der Waals surface area contributed by atoms with E-state index in [-0.39, 0.29) is 11.4 Å². The molecule has 94 valence electrons. The Balaban J connectivity index is 2.66. The van der Waals surface area contributed by atoms with Crippen LogP contribution in [0.1, 0.15) is 13.3 Å². The summed E-state index contributed by atoms with van der Waals surface area (Å²) < 4.78 is 12.7. The third kappa shape index (κ3) is 4.26. The summed E-state index contributed by atoms with van der Waals surface area (Å²) in [5.74, 6) is -0.764. The molecule has 0 saturated carbocycles. The molecule has 0 fully saturated rings. The number of nitrogens with zero attached hydrogens (tertiary/aromatic N) is 1. The molecule has 0 radical (unpaired) electrons. The van der Waals surface area contributed by atoms with Crippen LogP contribution in [0.4, 0.5) is 10.1 Å². The van der Waals surface area contributed by atoms with Gasteiger partial charge in [0.15, 0.2) is 0 Å². The Kier molecular flexibility index (Phi) is 5.39. The number of rotatable bonds is 5. The molecule has 2 N–H and O–H groups in total. The standard InChI is InChI=1S/C13H14FN3O/c1-2-7-16-13(18)10(8-15)9-17-12-5-3-11(14)4-6-12/h3-6,9,17H,2,7H2,1H3,(H,16,18)/b10-9-. The predicted molar refractivity (Wildman–Crippen MR) is 67.0 cm³/mol. The largest absolute Gasteiger partial charge is 0.360 e. The fraction of sp³-hybridized carbons (Fsp3) is 0.231. The molecule has 0 unspecified atom stereocenters. The van der Waals surface area contributed by atoms with Crippen molar-refractivity contribution < 1.29 is 9.18 Å². The van der Waals surface area contributed by atoms with E-state index in [2.05, 4.69) is 10.6 Å². The van der Waals surface area contributed by atoms with Crippen LogP contribution in [0.25, 0.3) is 0 Å². The minimum atomic E-state index is -0.422. The van der Waals surface area contributed by atoms with E-state index >= 15 is 0 Å². The van der Waals surface area contributed by atoms with Crippen molar-refractivity contribution in [3.63, 3.8) is 0 Å². The smallest absolute Gasteiger partial charge is 0.263 e. The molecule has 0 atom stereocenters. The third-order valence-electron chi connectivity index (χ3n) is 2.13. The van der Waals surface area contributed by atoms with Crippen LogP contribution in [-0.2, 0) is 4.79 Å². The molecule has 18 heavy (non-hydrogen) atoms. The second-order valence-corrected chi connectivity index (χ2v) is 3.58. The second kappa shape index (κ2) is 7.07. The van der Waals surface area contributed by atoms with Gasteiger partial charge in [0, 0.05) is 18.4 Å². The third-order valence-corrected chi connectivity index (χ3v) is 2.13. The van der Waals surface area contributed by atoms with Crippen molar-refractivity contribution in [3.05, 3.63) is 41.9 Å². The molecular formula is C13H14FN3O. The van der Waals surface area contributed by atoms with Crippen LogP contribution in [0.5, 0.6) is 0 Å². The summed E-state index contributed by atoms with van der Waals surface area (Å²) in [6.45, 7) is 2.45. The Morgan fingerprint density at radius 3 is 2.67 bits per heavy atom. The maximum absolute atomic E-state index is 12.7. The van der Waals surface area contributed by atoms with Crippen LogP contribution in [0.15, 0.2) is 36.0 Å². The monoisotopic (exact) mass is 247 g/mol. The highest BCUT2D eigenvalue weighted by molar-refractivity contribution is 5.97. The van der Waals surface area contributed by atoms with Crippen molar-refractivity contribution in [1.29, 1.82) is 5.26 Å². The first-order valence-corrected chi connectivity index (χ1v) is 5.58. The van der Waals surface area contributed by atoms with Gasteiger partial charge in [-0.1, -0.05) is 6.92 Å². The van der Waals surface area contributed by atoms with E-state index in [0.717, 1.165) is 6.42 Å². The number of amides is 1. The van der Waals surface area contributed by atoms with Crippen LogP contribution in [-0.4, -0.2) is 12.5 Å². The second-order valence-electron chi connectivity index (χ2n) is 3.58. The molecule has 0 saturated heterocycles. The molecule has 4 nitrogen and oxygen atoms in total. The maximum atomic E-state index is 12.7. The van der Waals surface area contributed by atoms with Crippen LogP contribution in [0.2, 0.25) is 0 Å². The maximum Gasteiger partial charge on any atom is 0.263 e. The van der Waals surface area contributed by atoms with Crippen LogP contribution in [0.3, 0.4) is 0 Å². The topological polar surface area (TPSA) is 64.9 Å². The SMILES string of the molecule is CCCNC(=O)/C(C#N)=C\Nc1ccc(F)cc1. The molecule has 0 heterocycles. The molecule has 1 aromatic rings. The van der Waals surface area contributed by atoms with Crippen molar-refractivity contribution in [3.8, 4) is 6.07 Å². The lowest BCUT2D eigenvalue weighted by Crippen LogP contribution is -2.25. The molecule has 1 rings (SSSR count). The van der Waals surface area contributed by atoms with Crippen LogP contribution >= 0.6 is 0 Å². The van der Waals surface area contributed by atoms with Gasteiger partial charge in [0.25, 0.3) is 5.91 Å². The van der Waals surface area contributed by atoms with Gasteiger partial charge in [-0.25, -0.2) is 4.39 Å². The van der Waals surface area contributed by atoms with Gasteiger partial charge in [0.05, 0.1) is 0 Å². The van der Waals surface area contributed by atoms with Crippen molar-refractivity contribution in [2.24, 2.45) is 0 Å². The van der Waals surface area contributed by atoms with Gasteiger partial charge in [-0.15, -0.1) is 0 Å². The summed E-state index contributed by atoms with van der Waals surface area (Å²) in [6.07, 6.45) is 2.11. The molecule has 0 aliphatic carbocycles. The zero-order valence-electron chi connectivity index (χ0n) is 10.0. The summed E-state index contributed by atoms with van der Waals surface area (Å²) >= 11 is 0. The lowest BCUT2D eigenvalue weighted by Gasteiger charge is -2.03. The minimum Gasteiger partial charge on any atom is -0.360 e. The van der Waals surface area contributed by atoms with Crippen molar-refractivity contribution >= 4 is 11.6 Å². The number of nitrogens with one attached hydrogen (secondary N) is 2. The first kappa shape index (κ1) is 13.7. The molecule has 5 heteroatoms. The zero-order valence-corrected chi connectivity index (χ0v) is 10.0. The van der Waals surface area contributed by atoms with E-state index in [4.69, 9.17) is 5.26 Å². The summed E-state index contributed by atoms with van der Waals surface area (Å²) in [5.41, 5.74) is 0.584. The van der Waals surface area contributed by atoms with Gasteiger partial charge in [-0.05, 0) is 30.7 Å². The number of nitriles is 1. The Hall–Kier alpha value is -2.35. The first-order valence-electron chi connectivity index (χ1n) is 5.58. The molecule has 0 aliphatic heterocycles. The molecule has 0 spiro atoms. The van der Waals surface area contributed by atoms with Crippen LogP contribution in [0, 0.1) is 17.1 Å². The highest BCUT2D eigenvalue weighted by Gasteiger charge is 2.06. The molecule has 0 aromatic heterocycles. The number of carbonyl (C=O) groups is 1. The molecule has 1 amide bonds. The quantitative estimate of drug-likeness (QED) is 0.619. The Bertz CT molecular complexity index is 474. The predicted octanol–water partition coefficient (Wildman–Crippen LogP) is 2.17. The van der Waals surface area contributed by atoms with Gasteiger partial charge in [-0.3, -0.25) is 4.79 Å². The van der Waals surface area contributed by atoms with E-state index in [0.29, 0.717) is 12.2 Å². The molecular weight excluding hydrogens is 233 g/mol. The van der Waals surface area contributed by atoms with Gasteiger partial charge in [-0.2, -0.15) is 5.26 Å². The highest BCUT2D eigenvalue weighted by Crippen LogP contribution is 2.08. The van der Waals surface area contributed by atoms with E-state index in [9.17, 15) is 9.18 Å². The number of hydrogen-bond donors (Lipinski definition) is 2. The molecule has 1 aromatic carbocycles. The van der Waals surface area contributed by atoms with Crippen molar-refractivity contribution in [2.75, 3.05) is 11.9 Å². The lowest BCUT2D eigenvalue weighted by molar-refractivity contribution is -0.117. The zero-order chi connectivity index (χ0) is 13.4. The number of hydrogen-bond acceptors (Lipinski definition) is 3. The van der Waals surface area contributed by atoms with E-state index in [1.165, 1.54) is 30.5 Å². The number of halogens is 1. The average Bonchev–Trinajstić information content (AvgIpc) is 2.39. The fourth-order valence-electron chi connectivity index (χ4n) is 1.18. The van der Waals surface area contributed by atoms with Crippen LogP contribution < -0.4 is 10.6 Å². The summed E-state index contributed by atoms with van der Waals surface area (Å²) in [6, 6.07) is 7.42. The van der Waals surface area contributed by atoms with Gasteiger partial charge >= 0.3 is 0 Å². The van der Waals surface area contributed by atoms with Crippen molar-refractivity contribution in [2.45, 2.75) is 13.3 Å². The number of carbonyl (C=O) groups excluding carboxylic acids is 1. The lowest BCUT2D eigenvalue weighted by atomic mass is 10.2. The highest BCUT2D eigenvalue weighted by atomic mass is 19.1. The number of anilines is 1. The van der Waals surface area contributed by atoms with Gasteiger partial charge < -0.3 is 10.6 Å². The molecule has 0 bridgehead atoms. The van der Waals surface area contributed by atoms with E-state index < -0.39 is 5.91 Å². The summed E-state index contributed by atoms with van der Waals surface area (Å²) in [4.78, 5) is 11.5. The summed E-state index contributed by atoms with van der Waals surface area (Å²) in [5, 5.41) is 14.2. The minimum absolute atomic E-state index is 0.0206. The Morgan fingerprint density at radius 1 is 1.44 bits per heavy atom. The Labute approximate surface area is 105 Å². The fourth-order valence-corrected chi connectivity index (χ4v) is 1.18. The molecule has 0 aliphatic rings. The van der Waals surface area contributed by atoms with E-state index in [1.807, 2.05) is 6.92 Å². The average molecular weight is 247 g/mol. The van der Waals surface area contributed by atoms with Crippen molar-refractivity contribution in [1.82, 2.24) is 5.32 Å². The summed E-state index contributed by atoms with van der Waals surface area (Å²) in [7, 11) is 0. The van der Waals surface area contributed by atoms with E-state index in [1.54, 1.807) is 6.07 Å².